The number of halogens is 1. The molecule has 0 N–H and O–H groups in total. The van der Waals surface area contributed by atoms with Crippen molar-refractivity contribution in [3.05, 3.63) is 84.7 Å². The van der Waals surface area contributed by atoms with Crippen LogP contribution in [0.1, 0.15) is 13.8 Å². The highest BCUT2D eigenvalue weighted by Crippen LogP contribution is 2.33. The molecule has 0 aliphatic rings. The minimum Gasteiger partial charge on any atom is -0.479 e. The number of carbonyl (C=O) groups excluding carboxylic acids is 1. The van der Waals surface area contributed by atoms with Gasteiger partial charge in [-0.15, -0.1) is 6.42 Å². The molecule has 0 saturated carbocycles. The van der Waals surface area contributed by atoms with Crippen LogP contribution in [0.25, 0.3) is 0 Å². The van der Waals surface area contributed by atoms with Crippen molar-refractivity contribution in [1.82, 2.24) is 0 Å². The van der Waals surface area contributed by atoms with Gasteiger partial charge in [0.05, 0.1) is 10.9 Å². The van der Waals surface area contributed by atoms with Crippen molar-refractivity contribution in [1.29, 1.82) is 0 Å². The summed E-state index contributed by atoms with van der Waals surface area (Å²) in [4.78, 5) is 15.1. The minimum atomic E-state index is -1.05. The molecule has 152 valence electrons. The third-order valence-electron chi connectivity index (χ3n) is 4.16. The average molecular weight is 422 g/mol. The quantitative estimate of drug-likeness (QED) is 0.297. The summed E-state index contributed by atoms with van der Waals surface area (Å²) in [5.74, 6) is 1.16. The van der Waals surface area contributed by atoms with Crippen molar-refractivity contribution < 1.29 is 18.7 Å². The third-order valence-corrected chi connectivity index (χ3v) is 6.37. The van der Waals surface area contributed by atoms with Gasteiger partial charge in [-0.1, -0.05) is 42.3 Å². The van der Waals surface area contributed by atoms with Gasteiger partial charge in [0.15, 0.2) is 38.5 Å². The standard InChI is InChI=1S/C25H22FO3S/c1-4-25(2,3)29-24(27)18-28-23-17-21(15-16-22(23)26)30(19-11-7-5-8-12-19)20-13-9-6-10-14-20/h1,5-17H,18H2,2-3H3/q+1. The first-order valence-corrected chi connectivity index (χ1v) is 10.6. The van der Waals surface area contributed by atoms with Gasteiger partial charge in [0.2, 0.25) is 0 Å². The van der Waals surface area contributed by atoms with Crippen molar-refractivity contribution in [2.24, 2.45) is 0 Å². The molecule has 0 aliphatic carbocycles. The number of carbonyl (C=O) groups is 1. The molecular formula is C25H22FO3S+. The van der Waals surface area contributed by atoms with Crippen molar-refractivity contribution in [2.45, 2.75) is 34.1 Å². The van der Waals surface area contributed by atoms with Crippen LogP contribution in [0.3, 0.4) is 0 Å². The molecule has 3 nitrogen and oxygen atoms in total. The Hall–Kier alpha value is -3.23. The van der Waals surface area contributed by atoms with E-state index in [1.807, 2.05) is 60.7 Å². The summed E-state index contributed by atoms with van der Waals surface area (Å²) in [6.45, 7) is 2.75. The lowest BCUT2D eigenvalue weighted by atomic mass is 10.1. The summed E-state index contributed by atoms with van der Waals surface area (Å²) in [7, 11) is -0.454. The van der Waals surface area contributed by atoms with E-state index in [0.717, 1.165) is 14.7 Å². The maximum atomic E-state index is 14.4. The molecule has 0 heterocycles. The number of hydrogen-bond donors (Lipinski definition) is 0. The van der Waals surface area contributed by atoms with Crippen LogP contribution < -0.4 is 4.74 Å². The van der Waals surface area contributed by atoms with Gasteiger partial charge in [-0.2, -0.15) is 0 Å². The van der Waals surface area contributed by atoms with Crippen LogP contribution >= 0.6 is 0 Å². The Kier molecular flexibility index (Phi) is 6.81. The van der Waals surface area contributed by atoms with Gasteiger partial charge in [-0.25, -0.2) is 9.18 Å². The van der Waals surface area contributed by atoms with E-state index in [4.69, 9.17) is 15.9 Å². The maximum Gasteiger partial charge on any atom is 0.345 e. The largest absolute Gasteiger partial charge is 0.479 e. The first kappa shape index (κ1) is 21.5. The Labute approximate surface area is 179 Å². The molecule has 0 fully saturated rings. The van der Waals surface area contributed by atoms with Crippen LogP contribution in [0.2, 0.25) is 0 Å². The van der Waals surface area contributed by atoms with Gasteiger partial charge >= 0.3 is 5.97 Å². The Morgan fingerprint density at radius 2 is 1.53 bits per heavy atom. The van der Waals surface area contributed by atoms with E-state index in [-0.39, 0.29) is 5.75 Å². The maximum absolute atomic E-state index is 14.4. The van der Waals surface area contributed by atoms with E-state index in [9.17, 15) is 9.18 Å². The smallest absolute Gasteiger partial charge is 0.345 e. The van der Waals surface area contributed by atoms with Gasteiger partial charge < -0.3 is 9.47 Å². The fourth-order valence-electron chi connectivity index (χ4n) is 2.72. The van der Waals surface area contributed by atoms with Crippen molar-refractivity contribution in [2.75, 3.05) is 6.61 Å². The molecule has 0 spiro atoms. The Balaban J connectivity index is 1.88. The fourth-order valence-corrected chi connectivity index (χ4v) is 4.83. The van der Waals surface area contributed by atoms with Gasteiger partial charge in [0.25, 0.3) is 0 Å². The molecule has 0 unspecified atom stereocenters. The lowest BCUT2D eigenvalue weighted by Crippen LogP contribution is -2.29. The van der Waals surface area contributed by atoms with Crippen molar-refractivity contribution >= 4 is 16.9 Å². The lowest BCUT2D eigenvalue weighted by molar-refractivity contribution is -0.154. The van der Waals surface area contributed by atoms with Crippen LogP contribution in [0.5, 0.6) is 5.75 Å². The first-order chi connectivity index (χ1) is 14.4. The summed E-state index contributed by atoms with van der Waals surface area (Å²) in [5, 5.41) is 0. The number of esters is 1. The van der Waals surface area contributed by atoms with E-state index >= 15 is 0 Å². The van der Waals surface area contributed by atoms with Crippen LogP contribution in [0, 0.1) is 18.2 Å². The normalized spacial score (nSPS) is 11.0. The molecule has 3 aromatic rings. The van der Waals surface area contributed by atoms with Crippen molar-refractivity contribution in [3.63, 3.8) is 0 Å². The summed E-state index contributed by atoms with van der Waals surface area (Å²) < 4.78 is 25.0. The van der Waals surface area contributed by atoms with E-state index in [1.54, 1.807) is 26.0 Å². The SMILES string of the molecule is C#CC(C)(C)OC(=O)COc1cc([S+](c2ccccc2)c2ccccc2)ccc1F. The molecule has 0 saturated heterocycles. The zero-order chi connectivity index (χ0) is 21.6. The molecule has 0 aliphatic heterocycles. The lowest BCUT2D eigenvalue weighted by Gasteiger charge is -2.18. The highest BCUT2D eigenvalue weighted by atomic mass is 32.2. The number of ether oxygens (including phenoxy) is 2. The molecule has 0 aromatic heterocycles. The Morgan fingerprint density at radius 3 is 2.07 bits per heavy atom. The van der Waals surface area contributed by atoms with Gasteiger partial charge in [-0.3, -0.25) is 0 Å². The molecule has 0 bridgehead atoms. The number of hydrogen-bond acceptors (Lipinski definition) is 3. The Morgan fingerprint density at radius 1 is 0.967 bits per heavy atom. The molecule has 0 amide bonds. The predicted molar refractivity (Wildman–Crippen MR) is 116 cm³/mol. The second-order valence-corrected chi connectivity index (χ2v) is 8.97. The Bertz CT molecular complexity index is 1000. The van der Waals surface area contributed by atoms with E-state index in [2.05, 4.69) is 5.92 Å². The third kappa shape index (κ3) is 5.43. The van der Waals surface area contributed by atoms with Gasteiger partial charge in [-0.05, 0) is 50.2 Å². The molecule has 5 heteroatoms. The number of benzene rings is 3. The number of rotatable bonds is 7. The zero-order valence-electron chi connectivity index (χ0n) is 16.8. The summed E-state index contributed by atoms with van der Waals surface area (Å²) in [6.07, 6.45) is 5.32. The first-order valence-electron chi connectivity index (χ1n) is 9.36. The fraction of sp³-hybridized carbons (Fsp3) is 0.160. The molecule has 3 rings (SSSR count). The molecule has 3 aromatic carbocycles. The predicted octanol–water partition coefficient (Wildman–Crippen LogP) is 5.25. The molecule has 0 atom stereocenters. The van der Waals surface area contributed by atoms with Gasteiger partial charge in [0.1, 0.15) is 0 Å². The van der Waals surface area contributed by atoms with Crippen LogP contribution in [0.15, 0.2) is 93.5 Å². The summed E-state index contributed by atoms with van der Waals surface area (Å²) >= 11 is 0. The van der Waals surface area contributed by atoms with Crippen LogP contribution in [-0.4, -0.2) is 18.2 Å². The topological polar surface area (TPSA) is 35.5 Å². The van der Waals surface area contributed by atoms with E-state index in [0.29, 0.717) is 0 Å². The van der Waals surface area contributed by atoms with E-state index in [1.165, 1.54) is 6.07 Å². The van der Waals surface area contributed by atoms with Crippen LogP contribution in [0.4, 0.5) is 4.39 Å². The highest BCUT2D eigenvalue weighted by Gasteiger charge is 2.29. The molecular weight excluding hydrogens is 399 g/mol. The van der Waals surface area contributed by atoms with Gasteiger partial charge in [0, 0.05) is 6.07 Å². The van der Waals surface area contributed by atoms with Crippen LogP contribution in [-0.2, 0) is 20.4 Å². The molecule has 0 radical (unpaired) electrons. The monoisotopic (exact) mass is 421 g/mol. The van der Waals surface area contributed by atoms with E-state index < -0.39 is 34.9 Å². The second-order valence-electron chi connectivity index (χ2n) is 6.94. The second kappa shape index (κ2) is 9.51. The molecule has 30 heavy (non-hydrogen) atoms. The van der Waals surface area contributed by atoms with Crippen molar-refractivity contribution in [3.8, 4) is 18.1 Å². The zero-order valence-corrected chi connectivity index (χ0v) is 17.6. The average Bonchev–Trinajstić information content (AvgIpc) is 2.75. The summed E-state index contributed by atoms with van der Waals surface area (Å²) in [5.41, 5.74) is -1.05. The number of terminal acetylenes is 1. The highest BCUT2D eigenvalue weighted by molar-refractivity contribution is 7.97. The summed E-state index contributed by atoms with van der Waals surface area (Å²) in [6, 6.07) is 24.7. The minimum absolute atomic E-state index is 0.00711.